The van der Waals surface area contributed by atoms with Crippen LogP contribution in [0.2, 0.25) is 0 Å². The van der Waals surface area contributed by atoms with Gasteiger partial charge in [0.15, 0.2) is 5.82 Å². The fourth-order valence-corrected chi connectivity index (χ4v) is 3.26. The van der Waals surface area contributed by atoms with Crippen molar-refractivity contribution in [2.75, 3.05) is 27.7 Å². The summed E-state index contributed by atoms with van der Waals surface area (Å²) >= 11 is 0. The van der Waals surface area contributed by atoms with E-state index >= 15 is 0 Å². The third-order valence-electron chi connectivity index (χ3n) is 4.39. The monoisotopic (exact) mass is 410 g/mol. The summed E-state index contributed by atoms with van der Waals surface area (Å²) in [4.78, 5) is 22.9. The van der Waals surface area contributed by atoms with E-state index in [1.807, 2.05) is 32.8 Å². The number of hydrogen-bond donors (Lipinski definition) is 2. The van der Waals surface area contributed by atoms with Crippen LogP contribution >= 0.6 is 0 Å². The molecule has 0 aliphatic rings. The fourth-order valence-electron chi connectivity index (χ4n) is 3.26. The van der Waals surface area contributed by atoms with Crippen molar-refractivity contribution in [3.63, 3.8) is 0 Å². The number of likely N-dealkylation sites (N-methyl/N-ethyl adjacent to an activating group) is 1. The highest BCUT2D eigenvalue weighted by Gasteiger charge is 2.22. The van der Waals surface area contributed by atoms with Crippen LogP contribution in [0.15, 0.2) is 42.9 Å². The minimum Gasteiger partial charge on any atom is -0.493 e. The number of rotatable bonds is 7. The average molecular weight is 410 g/mol. The molecule has 0 saturated heterocycles. The van der Waals surface area contributed by atoms with Gasteiger partial charge in [-0.3, -0.25) is 4.79 Å². The smallest absolute Gasteiger partial charge is 0.253 e. The molecule has 3 aromatic heterocycles. The summed E-state index contributed by atoms with van der Waals surface area (Å²) in [6, 6.07) is 6.74. The van der Waals surface area contributed by atoms with Gasteiger partial charge in [0.1, 0.15) is 0 Å². The van der Waals surface area contributed by atoms with Crippen LogP contribution in [0.4, 0.5) is 0 Å². The highest BCUT2D eigenvalue weighted by molar-refractivity contribution is 5.94. The van der Waals surface area contributed by atoms with Crippen LogP contribution in [0.5, 0.6) is 11.8 Å². The largest absolute Gasteiger partial charge is 0.493 e. The highest BCUT2D eigenvalue weighted by atomic mass is 16.5. The molecule has 0 spiro atoms. The van der Waals surface area contributed by atoms with Crippen LogP contribution in [-0.2, 0) is 0 Å². The minimum absolute atomic E-state index is 0.0694. The Balaban J connectivity index is 1.80. The van der Waals surface area contributed by atoms with Crippen molar-refractivity contribution in [3.8, 4) is 28.7 Å². The van der Waals surface area contributed by atoms with Crippen molar-refractivity contribution in [1.29, 1.82) is 0 Å². The van der Waals surface area contributed by atoms with Crippen molar-refractivity contribution in [2.24, 2.45) is 0 Å². The normalized spacial score (nSPS) is 11.5. The molecule has 9 heteroatoms. The Bertz CT molecular complexity index is 1030. The lowest BCUT2D eigenvalue weighted by atomic mass is 10.0. The van der Waals surface area contributed by atoms with Crippen LogP contribution in [0.3, 0.4) is 0 Å². The van der Waals surface area contributed by atoms with E-state index in [1.54, 1.807) is 30.5 Å². The molecular weight excluding hydrogens is 384 g/mol. The molecule has 158 valence electrons. The first-order valence-electron chi connectivity index (χ1n) is 9.41. The molecule has 0 unspecified atom stereocenters. The number of methoxy groups -OCH3 is 1. The quantitative estimate of drug-likeness (QED) is 0.615. The zero-order chi connectivity index (χ0) is 21.9. The van der Waals surface area contributed by atoms with E-state index in [1.165, 1.54) is 24.2 Å². The molecule has 9 nitrogen and oxygen atoms in total. The molecule has 0 aromatic carbocycles. The van der Waals surface area contributed by atoms with Gasteiger partial charge in [0.25, 0.3) is 5.91 Å². The SMILES string of the molecule is COc1cc(-c2cnn(-c3ccc(C(=O)NC(C)(C)CN(C)C)cn3)c2O)ccn1. The van der Waals surface area contributed by atoms with E-state index in [4.69, 9.17) is 4.74 Å². The summed E-state index contributed by atoms with van der Waals surface area (Å²) in [5, 5.41) is 17.9. The Morgan fingerprint density at radius 3 is 2.63 bits per heavy atom. The number of nitrogens with one attached hydrogen (secondary N) is 1. The van der Waals surface area contributed by atoms with E-state index in [9.17, 15) is 9.90 Å². The summed E-state index contributed by atoms with van der Waals surface area (Å²) in [5.74, 6) is 0.546. The third kappa shape index (κ3) is 4.74. The molecule has 0 bridgehead atoms. The molecule has 30 heavy (non-hydrogen) atoms. The first kappa shape index (κ1) is 21.3. The van der Waals surface area contributed by atoms with Crippen molar-refractivity contribution in [3.05, 3.63) is 48.4 Å². The molecule has 0 atom stereocenters. The van der Waals surface area contributed by atoms with E-state index in [0.717, 1.165) is 0 Å². The number of aromatic hydroxyl groups is 1. The number of pyridine rings is 2. The van der Waals surface area contributed by atoms with Gasteiger partial charge in [0, 0.05) is 30.5 Å². The fraction of sp³-hybridized carbons (Fsp3) is 0.333. The number of carbonyl (C=O) groups excluding carboxylic acids is 1. The molecule has 3 heterocycles. The summed E-state index contributed by atoms with van der Waals surface area (Å²) < 4.78 is 6.43. The molecule has 0 aliphatic heterocycles. The van der Waals surface area contributed by atoms with Gasteiger partial charge in [-0.05, 0) is 51.7 Å². The van der Waals surface area contributed by atoms with Crippen LogP contribution < -0.4 is 10.1 Å². The second kappa shape index (κ2) is 8.50. The lowest BCUT2D eigenvalue weighted by Gasteiger charge is -2.29. The average Bonchev–Trinajstić information content (AvgIpc) is 3.08. The molecular formula is C21H26N6O3. The van der Waals surface area contributed by atoms with Crippen molar-refractivity contribution < 1.29 is 14.6 Å². The molecule has 2 N–H and O–H groups in total. The number of carbonyl (C=O) groups is 1. The molecule has 0 aliphatic carbocycles. The Hall–Kier alpha value is -3.46. The zero-order valence-corrected chi connectivity index (χ0v) is 17.7. The van der Waals surface area contributed by atoms with Gasteiger partial charge in [-0.2, -0.15) is 9.78 Å². The molecule has 0 fully saturated rings. The van der Waals surface area contributed by atoms with Crippen molar-refractivity contribution >= 4 is 5.91 Å². The predicted octanol–water partition coefficient (Wildman–Crippen LogP) is 2.11. The van der Waals surface area contributed by atoms with Crippen LogP contribution in [0.25, 0.3) is 16.9 Å². The third-order valence-corrected chi connectivity index (χ3v) is 4.39. The van der Waals surface area contributed by atoms with Crippen LogP contribution in [0.1, 0.15) is 24.2 Å². The zero-order valence-electron chi connectivity index (χ0n) is 17.7. The summed E-state index contributed by atoms with van der Waals surface area (Å²) in [6.45, 7) is 4.63. The first-order chi connectivity index (χ1) is 14.2. The topological polar surface area (TPSA) is 105 Å². The Labute approximate surface area is 175 Å². The van der Waals surface area contributed by atoms with Gasteiger partial charge in [-0.25, -0.2) is 9.97 Å². The van der Waals surface area contributed by atoms with Crippen molar-refractivity contribution in [2.45, 2.75) is 19.4 Å². The van der Waals surface area contributed by atoms with Crippen LogP contribution in [0, 0.1) is 0 Å². The Kier molecular flexibility index (Phi) is 6.02. The summed E-state index contributed by atoms with van der Waals surface area (Å²) in [5.41, 5.74) is 1.27. The second-order valence-corrected chi connectivity index (χ2v) is 7.86. The van der Waals surface area contributed by atoms with Crippen LogP contribution in [-0.4, -0.2) is 69.0 Å². The number of aromatic nitrogens is 4. The molecule has 0 saturated carbocycles. The maximum Gasteiger partial charge on any atom is 0.253 e. The number of nitrogens with zero attached hydrogens (tertiary/aromatic N) is 5. The Morgan fingerprint density at radius 2 is 2.00 bits per heavy atom. The van der Waals surface area contributed by atoms with Gasteiger partial charge in [0.2, 0.25) is 11.8 Å². The van der Waals surface area contributed by atoms with Crippen molar-refractivity contribution in [1.82, 2.24) is 30.0 Å². The van der Waals surface area contributed by atoms with E-state index in [2.05, 4.69) is 20.4 Å². The standard InChI is InChI=1S/C21H26N6O3/c1-21(2,13-26(3)4)25-19(28)15-6-7-17(23-11-15)27-20(29)16(12-24-27)14-8-9-22-18(10-14)30-5/h6-12,29H,13H2,1-5H3,(H,25,28). The van der Waals surface area contributed by atoms with E-state index < -0.39 is 0 Å². The predicted molar refractivity (Wildman–Crippen MR) is 113 cm³/mol. The summed E-state index contributed by atoms with van der Waals surface area (Å²) in [7, 11) is 5.44. The van der Waals surface area contributed by atoms with Gasteiger partial charge >= 0.3 is 0 Å². The van der Waals surface area contributed by atoms with Gasteiger partial charge in [-0.1, -0.05) is 0 Å². The highest BCUT2D eigenvalue weighted by Crippen LogP contribution is 2.31. The van der Waals surface area contributed by atoms with E-state index in [0.29, 0.717) is 34.9 Å². The summed E-state index contributed by atoms with van der Waals surface area (Å²) in [6.07, 6.45) is 4.59. The van der Waals surface area contributed by atoms with Gasteiger partial charge < -0.3 is 20.1 Å². The number of hydrogen-bond acceptors (Lipinski definition) is 7. The lowest BCUT2D eigenvalue weighted by molar-refractivity contribution is 0.0899. The Morgan fingerprint density at radius 1 is 1.23 bits per heavy atom. The number of ether oxygens (including phenoxy) is 1. The number of amides is 1. The van der Waals surface area contributed by atoms with Gasteiger partial charge in [0.05, 0.1) is 24.4 Å². The molecule has 0 radical (unpaired) electrons. The molecule has 1 amide bonds. The second-order valence-electron chi connectivity index (χ2n) is 7.86. The minimum atomic E-state index is -0.389. The maximum absolute atomic E-state index is 12.5. The van der Waals surface area contributed by atoms with Gasteiger partial charge in [-0.15, -0.1) is 0 Å². The lowest BCUT2D eigenvalue weighted by Crippen LogP contribution is -2.50. The first-order valence-corrected chi connectivity index (χ1v) is 9.41. The molecule has 3 rings (SSSR count). The molecule has 3 aromatic rings. The van der Waals surface area contributed by atoms with E-state index in [-0.39, 0.29) is 17.3 Å². The maximum atomic E-state index is 12.5.